The average Bonchev–Trinajstić information content (AvgIpc) is 3.24. The molecule has 4 rings (SSSR count). The fourth-order valence-corrected chi connectivity index (χ4v) is 4.22. The van der Waals surface area contributed by atoms with Crippen LogP contribution in [0.2, 0.25) is 0 Å². The normalized spacial score (nSPS) is 13.3. The van der Waals surface area contributed by atoms with Gasteiger partial charge in [-0.1, -0.05) is 12.1 Å². The molecule has 0 fully saturated rings. The molecule has 0 spiro atoms. The van der Waals surface area contributed by atoms with Crippen molar-refractivity contribution in [2.75, 3.05) is 33.0 Å². The number of carbonyl (C=O) groups excluding carboxylic acids is 2. The summed E-state index contributed by atoms with van der Waals surface area (Å²) in [5, 5.41) is 18.8. The largest absolute Gasteiger partial charge is 0.508 e. The van der Waals surface area contributed by atoms with E-state index in [4.69, 9.17) is 14.6 Å². The van der Waals surface area contributed by atoms with Crippen molar-refractivity contribution in [3.8, 4) is 5.75 Å². The number of imide groups is 1. The Morgan fingerprint density at radius 1 is 0.939 bits per heavy atom. The molecule has 1 aromatic heterocycles. The first-order chi connectivity index (χ1) is 16.1. The van der Waals surface area contributed by atoms with Gasteiger partial charge in [0.25, 0.3) is 17.6 Å². The molecule has 2 aromatic carbocycles. The monoisotopic (exact) mass is 454 g/mol. The molecule has 1 aliphatic rings. The first kappa shape index (κ1) is 22.9. The number of aromatic hydroxyl groups is 1. The van der Waals surface area contributed by atoms with Crippen LogP contribution in [0.4, 0.5) is 0 Å². The Kier molecular flexibility index (Phi) is 7.02. The highest BCUT2D eigenvalue weighted by Gasteiger charge is 2.38. The van der Waals surface area contributed by atoms with Gasteiger partial charge >= 0.3 is 0 Å². The summed E-state index contributed by atoms with van der Waals surface area (Å²) in [5.74, 6) is 0.296. The van der Waals surface area contributed by atoms with Gasteiger partial charge in [-0.2, -0.15) is 0 Å². The van der Waals surface area contributed by atoms with E-state index in [9.17, 15) is 14.7 Å². The van der Waals surface area contributed by atoms with Crippen LogP contribution >= 0.6 is 0 Å². The summed E-state index contributed by atoms with van der Waals surface area (Å²) < 4.78 is 14.9. The first-order valence-electron chi connectivity index (χ1n) is 11.0. The number of aliphatic hydroxyl groups excluding tert-OH is 1. The summed E-state index contributed by atoms with van der Waals surface area (Å²) in [4.78, 5) is 27.2. The molecule has 1 aliphatic heterocycles. The van der Waals surface area contributed by atoms with Gasteiger partial charge in [-0.05, 0) is 31.2 Å². The zero-order valence-corrected chi connectivity index (χ0v) is 18.6. The lowest BCUT2D eigenvalue weighted by Gasteiger charge is -2.13. The van der Waals surface area contributed by atoms with E-state index < -0.39 is 0 Å². The van der Waals surface area contributed by atoms with E-state index in [0.29, 0.717) is 44.0 Å². The van der Waals surface area contributed by atoms with Crippen LogP contribution in [0.1, 0.15) is 33.5 Å². The molecule has 33 heavy (non-hydrogen) atoms. The van der Waals surface area contributed by atoms with Crippen LogP contribution in [0.3, 0.4) is 0 Å². The quantitative estimate of drug-likeness (QED) is 0.258. The standard InChI is InChI=1S/C24H27N3O6/c1-2-25-21-15-17(29)7-8-20(21)26(9-11-32-13-14-33-12-10-28)22(25)16-27-23(30)18-5-3-4-6-19(18)24(27)31/h3-8,15,28H,2,9-14,16H2,1H3/p+1. The summed E-state index contributed by atoms with van der Waals surface area (Å²) >= 11 is 0. The van der Waals surface area contributed by atoms with E-state index in [1.165, 1.54) is 4.90 Å². The second-order valence-corrected chi connectivity index (χ2v) is 7.68. The summed E-state index contributed by atoms with van der Waals surface area (Å²) in [5.41, 5.74) is 2.52. The Labute approximate surface area is 191 Å². The predicted molar refractivity (Wildman–Crippen MR) is 119 cm³/mol. The molecular weight excluding hydrogens is 426 g/mol. The van der Waals surface area contributed by atoms with Crippen molar-refractivity contribution in [3.05, 3.63) is 59.4 Å². The maximum absolute atomic E-state index is 13.0. The Balaban J connectivity index is 1.62. The van der Waals surface area contributed by atoms with Crippen molar-refractivity contribution in [3.63, 3.8) is 0 Å². The molecule has 2 N–H and O–H groups in total. The SMILES string of the molecule is CCn1c(CN2C(=O)c3ccccc3C2=O)[n+](CCOCCOCCO)c2ccc(O)cc21. The van der Waals surface area contributed by atoms with Crippen molar-refractivity contribution in [1.29, 1.82) is 0 Å². The number of carbonyl (C=O) groups is 2. The van der Waals surface area contributed by atoms with Crippen LogP contribution < -0.4 is 4.57 Å². The molecule has 2 heterocycles. The van der Waals surface area contributed by atoms with E-state index in [1.54, 1.807) is 36.4 Å². The lowest BCUT2D eigenvalue weighted by atomic mass is 10.1. The number of imidazole rings is 1. The smallest absolute Gasteiger partial charge is 0.278 e. The highest BCUT2D eigenvalue weighted by Crippen LogP contribution is 2.26. The average molecular weight is 455 g/mol. The molecule has 0 unspecified atom stereocenters. The fourth-order valence-electron chi connectivity index (χ4n) is 4.22. The molecule has 0 saturated carbocycles. The van der Waals surface area contributed by atoms with Crippen LogP contribution in [-0.2, 0) is 29.1 Å². The van der Waals surface area contributed by atoms with Gasteiger partial charge in [0.15, 0.2) is 11.0 Å². The maximum atomic E-state index is 13.0. The lowest BCUT2D eigenvalue weighted by Crippen LogP contribution is -2.44. The zero-order valence-electron chi connectivity index (χ0n) is 18.6. The van der Waals surface area contributed by atoms with Crippen molar-refractivity contribution >= 4 is 22.8 Å². The molecule has 0 aliphatic carbocycles. The molecule has 3 aromatic rings. The molecule has 0 atom stereocenters. The number of hydrogen-bond donors (Lipinski definition) is 2. The number of nitrogens with zero attached hydrogens (tertiary/aromatic N) is 3. The topological polar surface area (TPSA) is 105 Å². The van der Waals surface area contributed by atoms with Gasteiger partial charge in [-0.25, -0.2) is 9.13 Å². The highest BCUT2D eigenvalue weighted by atomic mass is 16.5. The molecule has 9 heteroatoms. The lowest BCUT2D eigenvalue weighted by molar-refractivity contribution is -0.682. The highest BCUT2D eigenvalue weighted by molar-refractivity contribution is 6.21. The number of phenols is 1. The number of benzene rings is 2. The molecule has 174 valence electrons. The predicted octanol–water partition coefficient (Wildman–Crippen LogP) is 1.48. The van der Waals surface area contributed by atoms with Gasteiger partial charge in [0.2, 0.25) is 0 Å². The number of fused-ring (bicyclic) bond motifs is 2. The molecule has 0 saturated heterocycles. The van der Waals surface area contributed by atoms with Crippen LogP contribution in [0.25, 0.3) is 11.0 Å². The van der Waals surface area contributed by atoms with Crippen molar-refractivity contribution in [1.82, 2.24) is 9.47 Å². The van der Waals surface area contributed by atoms with Crippen molar-refractivity contribution < 1.29 is 33.8 Å². The summed E-state index contributed by atoms with van der Waals surface area (Å²) in [6.45, 7) is 4.60. The second kappa shape index (κ2) is 10.1. The Morgan fingerprint density at radius 2 is 1.61 bits per heavy atom. The number of aryl methyl sites for hydroxylation is 1. The van der Waals surface area contributed by atoms with Crippen LogP contribution in [0.15, 0.2) is 42.5 Å². The summed E-state index contributed by atoms with van der Waals surface area (Å²) in [6.07, 6.45) is 0. The van der Waals surface area contributed by atoms with Gasteiger partial charge in [0.05, 0.1) is 50.7 Å². The molecule has 0 radical (unpaired) electrons. The van der Waals surface area contributed by atoms with Gasteiger partial charge in [0, 0.05) is 6.07 Å². The third-order valence-corrected chi connectivity index (χ3v) is 5.72. The summed E-state index contributed by atoms with van der Waals surface area (Å²) in [7, 11) is 0. The third-order valence-electron chi connectivity index (χ3n) is 5.72. The van der Waals surface area contributed by atoms with E-state index in [2.05, 4.69) is 0 Å². The van der Waals surface area contributed by atoms with Crippen LogP contribution in [-0.4, -0.2) is 64.5 Å². The number of aromatic nitrogens is 2. The van der Waals surface area contributed by atoms with Crippen LogP contribution in [0.5, 0.6) is 5.75 Å². The number of ether oxygens (including phenoxy) is 2. The Bertz CT molecular complexity index is 1140. The Hall–Kier alpha value is -3.27. The number of hydrogen-bond acceptors (Lipinski definition) is 6. The second-order valence-electron chi connectivity index (χ2n) is 7.68. The van der Waals surface area contributed by atoms with Crippen LogP contribution in [0, 0.1) is 0 Å². The fraction of sp³-hybridized carbons (Fsp3) is 0.375. The Morgan fingerprint density at radius 3 is 2.24 bits per heavy atom. The van der Waals surface area contributed by atoms with Gasteiger partial charge in [-0.15, -0.1) is 0 Å². The van der Waals surface area contributed by atoms with E-state index >= 15 is 0 Å². The third kappa shape index (κ3) is 4.47. The molecule has 0 bridgehead atoms. The summed E-state index contributed by atoms with van der Waals surface area (Å²) in [6, 6.07) is 12.0. The van der Waals surface area contributed by atoms with Gasteiger partial charge in [-0.3, -0.25) is 14.5 Å². The number of phenolic OH excluding ortho intramolecular Hbond substituents is 1. The minimum Gasteiger partial charge on any atom is -0.508 e. The maximum Gasteiger partial charge on any atom is 0.278 e. The minimum atomic E-state index is -0.310. The molecule has 2 amide bonds. The van der Waals surface area contributed by atoms with E-state index in [-0.39, 0.29) is 37.3 Å². The number of amides is 2. The number of rotatable bonds is 11. The minimum absolute atomic E-state index is 0.0274. The van der Waals surface area contributed by atoms with E-state index in [0.717, 1.165) is 16.9 Å². The van der Waals surface area contributed by atoms with Crippen molar-refractivity contribution in [2.24, 2.45) is 0 Å². The molecule has 9 nitrogen and oxygen atoms in total. The van der Waals surface area contributed by atoms with Gasteiger partial charge < -0.3 is 19.7 Å². The molecular formula is C24H28N3O6+. The van der Waals surface area contributed by atoms with Crippen molar-refractivity contribution in [2.45, 2.75) is 26.6 Å². The zero-order chi connectivity index (χ0) is 23.4. The van der Waals surface area contributed by atoms with Gasteiger partial charge in [0.1, 0.15) is 18.8 Å². The number of aliphatic hydroxyl groups is 1. The van der Waals surface area contributed by atoms with E-state index in [1.807, 2.05) is 22.1 Å². The first-order valence-corrected chi connectivity index (χ1v) is 11.0.